The van der Waals surface area contributed by atoms with Crippen molar-refractivity contribution in [2.75, 3.05) is 10.6 Å². The fourth-order valence-electron chi connectivity index (χ4n) is 2.12. The highest BCUT2D eigenvalue weighted by Crippen LogP contribution is 2.12. The standard InChI is InChI=1S/C18H14N6O/c19-10-13-4-3-6-14(8-13)24-18(25)16-9-17(23-12-22-16)21-11-15-5-1-2-7-20-15/h1-9,12H,11H2,(H,24,25)(H,21,22,23). The van der Waals surface area contributed by atoms with E-state index in [9.17, 15) is 4.79 Å². The maximum atomic E-state index is 12.3. The zero-order valence-electron chi connectivity index (χ0n) is 13.2. The van der Waals surface area contributed by atoms with E-state index in [2.05, 4.69) is 25.6 Å². The fourth-order valence-corrected chi connectivity index (χ4v) is 2.12. The SMILES string of the molecule is N#Cc1cccc(NC(=O)c2cc(NCc3ccccn3)ncn2)c1. The molecule has 2 aromatic heterocycles. The van der Waals surface area contributed by atoms with Crippen LogP contribution < -0.4 is 10.6 Å². The number of anilines is 2. The first-order valence-electron chi connectivity index (χ1n) is 7.52. The third kappa shape index (κ3) is 4.36. The van der Waals surface area contributed by atoms with E-state index in [1.54, 1.807) is 36.5 Å². The van der Waals surface area contributed by atoms with E-state index in [0.29, 0.717) is 23.6 Å². The number of nitrogens with one attached hydrogen (secondary N) is 2. The summed E-state index contributed by atoms with van der Waals surface area (Å²) in [6.45, 7) is 0.489. The molecule has 0 fully saturated rings. The molecule has 0 atom stereocenters. The molecule has 7 nitrogen and oxygen atoms in total. The lowest BCUT2D eigenvalue weighted by Gasteiger charge is -2.07. The Balaban J connectivity index is 1.68. The lowest BCUT2D eigenvalue weighted by atomic mass is 10.2. The second-order valence-corrected chi connectivity index (χ2v) is 5.11. The Morgan fingerprint density at radius 2 is 2.00 bits per heavy atom. The lowest BCUT2D eigenvalue weighted by molar-refractivity contribution is 0.102. The molecule has 0 spiro atoms. The molecule has 0 aliphatic rings. The average molecular weight is 330 g/mol. The van der Waals surface area contributed by atoms with Crippen LogP contribution in [0.2, 0.25) is 0 Å². The highest BCUT2D eigenvalue weighted by molar-refractivity contribution is 6.03. The van der Waals surface area contributed by atoms with Gasteiger partial charge >= 0.3 is 0 Å². The first-order chi connectivity index (χ1) is 12.2. The van der Waals surface area contributed by atoms with Gasteiger partial charge in [-0.25, -0.2) is 9.97 Å². The summed E-state index contributed by atoms with van der Waals surface area (Å²) in [5.74, 6) is 0.148. The topological polar surface area (TPSA) is 104 Å². The van der Waals surface area contributed by atoms with Crippen molar-refractivity contribution >= 4 is 17.4 Å². The first kappa shape index (κ1) is 16.1. The molecule has 0 aliphatic heterocycles. The molecule has 25 heavy (non-hydrogen) atoms. The normalized spacial score (nSPS) is 9.88. The number of carbonyl (C=O) groups is 1. The van der Waals surface area contributed by atoms with Gasteiger partial charge in [0, 0.05) is 18.0 Å². The first-order valence-corrected chi connectivity index (χ1v) is 7.52. The molecule has 0 aliphatic carbocycles. The van der Waals surface area contributed by atoms with Crippen molar-refractivity contribution < 1.29 is 4.79 Å². The van der Waals surface area contributed by atoms with E-state index in [-0.39, 0.29) is 11.6 Å². The quantitative estimate of drug-likeness (QED) is 0.745. The highest BCUT2D eigenvalue weighted by atomic mass is 16.1. The molecule has 2 heterocycles. The number of pyridine rings is 1. The smallest absolute Gasteiger partial charge is 0.274 e. The molecule has 3 aromatic rings. The molecule has 7 heteroatoms. The van der Waals surface area contributed by atoms with Crippen LogP contribution in [0.25, 0.3) is 0 Å². The number of nitriles is 1. The van der Waals surface area contributed by atoms with Gasteiger partial charge in [-0.1, -0.05) is 12.1 Å². The van der Waals surface area contributed by atoms with E-state index in [1.807, 2.05) is 24.3 Å². The van der Waals surface area contributed by atoms with Gasteiger partial charge < -0.3 is 10.6 Å². The Bertz CT molecular complexity index is 920. The minimum Gasteiger partial charge on any atom is -0.364 e. The highest BCUT2D eigenvalue weighted by Gasteiger charge is 2.09. The van der Waals surface area contributed by atoms with E-state index >= 15 is 0 Å². The van der Waals surface area contributed by atoms with Crippen molar-refractivity contribution in [1.29, 1.82) is 5.26 Å². The Morgan fingerprint density at radius 3 is 2.80 bits per heavy atom. The Morgan fingerprint density at radius 1 is 1.08 bits per heavy atom. The summed E-state index contributed by atoms with van der Waals surface area (Å²) < 4.78 is 0. The number of carbonyl (C=O) groups excluding carboxylic acids is 1. The van der Waals surface area contributed by atoms with Crippen LogP contribution in [0.4, 0.5) is 11.5 Å². The molecule has 2 N–H and O–H groups in total. The summed E-state index contributed by atoms with van der Waals surface area (Å²) in [7, 11) is 0. The molecule has 122 valence electrons. The Labute approximate surface area is 144 Å². The van der Waals surface area contributed by atoms with Crippen molar-refractivity contribution in [2.45, 2.75) is 6.54 Å². The number of benzene rings is 1. The number of rotatable bonds is 5. The minimum absolute atomic E-state index is 0.223. The third-order valence-electron chi connectivity index (χ3n) is 3.33. The summed E-state index contributed by atoms with van der Waals surface area (Å²) >= 11 is 0. The van der Waals surface area contributed by atoms with Crippen molar-refractivity contribution in [3.63, 3.8) is 0 Å². The van der Waals surface area contributed by atoms with Crippen LogP contribution in [0.15, 0.2) is 61.1 Å². The van der Waals surface area contributed by atoms with Gasteiger partial charge in [0.1, 0.15) is 17.8 Å². The van der Waals surface area contributed by atoms with Crippen LogP contribution >= 0.6 is 0 Å². The number of hydrogen-bond acceptors (Lipinski definition) is 6. The number of hydrogen-bond donors (Lipinski definition) is 2. The van der Waals surface area contributed by atoms with Gasteiger partial charge in [-0.05, 0) is 30.3 Å². The molecule has 0 unspecified atom stereocenters. The summed E-state index contributed by atoms with van der Waals surface area (Å²) in [5.41, 5.74) is 2.09. The molecular weight excluding hydrogens is 316 g/mol. The average Bonchev–Trinajstić information content (AvgIpc) is 2.67. The number of nitrogens with zero attached hydrogens (tertiary/aromatic N) is 4. The maximum absolute atomic E-state index is 12.3. The number of amides is 1. The van der Waals surface area contributed by atoms with Crippen LogP contribution in [-0.4, -0.2) is 20.9 Å². The monoisotopic (exact) mass is 330 g/mol. The maximum Gasteiger partial charge on any atom is 0.274 e. The summed E-state index contributed by atoms with van der Waals surface area (Å²) in [6, 6.07) is 15.9. The molecule has 0 radical (unpaired) electrons. The van der Waals surface area contributed by atoms with Gasteiger partial charge in [0.15, 0.2) is 0 Å². The van der Waals surface area contributed by atoms with E-state index in [0.717, 1.165) is 5.69 Å². The van der Waals surface area contributed by atoms with E-state index < -0.39 is 0 Å². The molecule has 0 saturated heterocycles. The zero-order chi connectivity index (χ0) is 17.5. The fraction of sp³-hybridized carbons (Fsp3) is 0.0556. The molecule has 3 rings (SSSR count). The second-order valence-electron chi connectivity index (χ2n) is 5.11. The lowest BCUT2D eigenvalue weighted by Crippen LogP contribution is -2.14. The van der Waals surface area contributed by atoms with Gasteiger partial charge in [0.05, 0.1) is 23.9 Å². The van der Waals surface area contributed by atoms with Gasteiger partial charge in [-0.3, -0.25) is 9.78 Å². The van der Waals surface area contributed by atoms with Crippen molar-refractivity contribution in [1.82, 2.24) is 15.0 Å². The molecular formula is C18H14N6O. The van der Waals surface area contributed by atoms with Gasteiger partial charge in [-0.15, -0.1) is 0 Å². The summed E-state index contributed by atoms with van der Waals surface area (Å²) in [6.07, 6.45) is 3.03. The molecule has 1 amide bonds. The van der Waals surface area contributed by atoms with Crippen molar-refractivity contribution in [3.05, 3.63) is 78.0 Å². The van der Waals surface area contributed by atoms with Gasteiger partial charge in [-0.2, -0.15) is 5.26 Å². The van der Waals surface area contributed by atoms with E-state index in [1.165, 1.54) is 6.33 Å². The van der Waals surface area contributed by atoms with Gasteiger partial charge in [0.25, 0.3) is 5.91 Å². The Kier molecular flexibility index (Phi) is 4.93. The third-order valence-corrected chi connectivity index (χ3v) is 3.33. The predicted octanol–water partition coefficient (Wildman–Crippen LogP) is 2.61. The van der Waals surface area contributed by atoms with Gasteiger partial charge in [0.2, 0.25) is 0 Å². The van der Waals surface area contributed by atoms with Crippen molar-refractivity contribution in [2.24, 2.45) is 0 Å². The molecule has 0 saturated carbocycles. The largest absolute Gasteiger partial charge is 0.364 e. The van der Waals surface area contributed by atoms with E-state index in [4.69, 9.17) is 5.26 Å². The minimum atomic E-state index is -0.377. The zero-order valence-corrected chi connectivity index (χ0v) is 13.2. The molecule has 1 aromatic carbocycles. The Hall–Kier alpha value is -3.79. The summed E-state index contributed by atoms with van der Waals surface area (Å²) in [4.78, 5) is 24.6. The summed E-state index contributed by atoms with van der Waals surface area (Å²) in [5, 5.41) is 14.7. The van der Waals surface area contributed by atoms with Crippen LogP contribution in [0.3, 0.4) is 0 Å². The van der Waals surface area contributed by atoms with Crippen LogP contribution in [-0.2, 0) is 6.54 Å². The molecule has 0 bridgehead atoms. The second kappa shape index (κ2) is 7.66. The number of aromatic nitrogens is 3. The predicted molar refractivity (Wildman–Crippen MR) is 92.7 cm³/mol. The van der Waals surface area contributed by atoms with Crippen LogP contribution in [0, 0.1) is 11.3 Å². The van der Waals surface area contributed by atoms with Crippen molar-refractivity contribution in [3.8, 4) is 6.07 Å². The van der Waals surface area contributed by atoms with Crippen LogP contribution in [0.1, 0.15) is 21.7 Å². The van der Waals surface area contributed by atoms with Crippen LogP contribution in [0.5, 0.6) is 0 Å².